The molecular weight excluding hydrogens is 378 g/mol. The van der Waals surface area contributed by atoms with Crippen molar-refractivity contribution in [2.75, 3.05) is 13.7 Å². The fourth-order valence-electron chi connectivity index (χ4n) is 3.18. The predicted octanol–water partition coefficient (Wildman–Crippen LogP) is 5.44. The van der Waals surface area contributed by atoms with Crippen molar-refractivity contribution >= 4 is 6.09 Å². The Hall–Kier alpha value is -3.47. The van der Waals surface area contributed by atoms with E-state index in [1.165, 1.54) is 0 Å². The van der Waals surface area contributed by atoms with Crippen molar-refractivity contribution in [1.82, 2.24) is 5.32 Å². The maximum absolute atomic E-state index is 12.3. The van der Waals surface area contributed by atoms with Gasteiger partial charge in [-0.25, -0.2) is 4.79 Å². The van der Waals surface area contributed by atoms with Crippen LogP contribution in [0.4, 0.5) is 4.79 Å². The zero-order valence-corrected chi connectivity index (χ0v) is 17.0. The van der Waals surface area contributed by atoms with Crippen LogP contribution < -0.4 is 19.5 Å². The molecule has 3 aromatic carbocycles. The number of methoxy groups -OCH3 is 1. The Labute approximate surface area is 176 Å². The Kier molecular flexibility index (Phi) is 6.18. The lowest BCUT2D eigenvalue weighted by molar-refractivity contribution is 0.196. The van der Waals surface area contributed by atoms with Crippen LogP contribution in [-0.2, 0) is 6.61 Å². The van der Waals surface area contributed by atoms with Crippen molar-refractivity contribution in [2.24, 2.45) is 5.92 Å². The van der Waals surface area contributed by atoms with Crippen molar-refractivity contribution in [2.45, 2.75) is 19.4 Å². The molecule has 4 rings (SSSR count). The van der Waals surface area contributed by atoms with Crippen LogP contribution in [-0.4, -0.2) is 19.7 Å². The Bertz CT molecular complexity index is 999. The predicted molar refractivity (Wildman–Crippen MR) is 116 cm³/mol. The summed E-state index contributed by atoms with van der Waals surface area (Å²) in [4.78, 5) is 12.3. The van der Waals surface area contributed by atoms with E-state index in [0.717, 1.165) is 35.3 Å². The third-order valence-corrected chi connectivity index (χ3v) is 5.03. The van der Waals surface area contributed by atoms with E-state index >= 15 is 0 Å². The summed E-state index contributed by atoms with van der Waals surface area (Å²) in [5.41, 5.74) is 2.83. The van der Waals surface area contributed by atoms with Gasteiger partial charge in [0, 0.05) is 12.1 Å². The summed E-state index contributed by atoms with van der Waals surface area (Å²) in [6, 6.07) is 23.2. The van der Waals surface area contributed by atoms with Gasteiger partial charge in [0.25, 0.3) is 0 Å². The third kappa shape index (κ3) is 5.11. The van der Waals surface area contributed by atoms with Gasteiger partial charge in [-0.1, -0.05) is 54.6 Å². The van der Waals surface area contributed by atoms with Crippen LogP contribution in [0.3, 0.4) is 0 Å². The van der Waals surface area contributed by atoms with Crippen LogP contribution in [0.2, 0.25) is 0 Å². The molecule has 0 heterocycles. The largest absolute Gasteiger partial charge is 0.496 e. The Balaban J connectivity index is 1.58. The minimum atomic E-state index is -0.469. The molecule has 0 aliphatic heterocycles. The van der Waals surface area contributed by atoms with Gasteiger partial charge in [0.1, 0.15) is 12.4 Å². The van der Waals surface area contributed by atoms with Crippen molar-refractivity contribution < 1.29 is 19.0 Å². The highest BCUT2D eigenvalue weighted by Gasteiger charge is 2.22. The molecule has 0 aromatic heterocycles. The molecule has 5 nitrogen and oxygen atoms in total. The summed E-state index contributed by atoms with van der Waals surface area (Å²) in [5.74, 6) is 2.22. The Morgan fingerprint density at radius 3 is 2.47 bits per heavy atom. The number of para-hydroxylation sites is 1. The zero-order valence-electron chi connectivity index (χ0n) is 17.0. The average molecular weight is 403 g/mol. The molecule has 0 bridgehead atoms. The highest BCUT2D eigenvalue weighted by molar-refractivity contribution is 5.76. The number of rotatable bonds is 8. The van der Waals surface area contributed by atoms with E-state index < -0.39 is 6.09 Å². The fourth-order valence-corrected chi connectivity index (χ4v) is 3.18. The summed E-state index contributed by atoms with van der Waals surface area (Å²) in [7, 11) is 1.64. The van der Waals surface area contributed by atoms with Gasteiger partial charge in [0.2, 0.25) is 0 Å². The standard InChI is InChI=1S/C25H25NO4/c1-28-22-10-6-5-9-21(22)20-13-14-23(29-17-19-7-3-2-4-8-19)24(15-20)30-25(27)26-16-18-11-12-18/h2-10,13-15,18H,11-12,16-17H2,1H3,(H,26,27). The molecule has 3 aromatic rings. The van der Waals surface area contributed by atoms with Crippen molar-refractivity contribution in [3.63, 3.8) is 0 Å². The first-order chi connectivity index (χ1) is 14.7. The number of ether oxygens (including phenoxy) is 3. The van der Waals surface area contributed by atoms with Gasteiger partial charge in [-0.2, -0.15) is 0 Å². The fraction of sp³-hybridized carbons (Fsp3) is 0.240. The first-order valence-corrected chi connectivity index (χ1v) is 10.1. The second-order valence-corrected chi connectivity index (χ2v) is 7.35. The molecule has 154 valence electrons. The van der Waals surface area contributed by atoms with Gasteiger partial charge in [0.05, 0.1) is 7.11 Å². The van der Waals surface area contributed by atoms with Gasteiger partial charge in [0.15, 0.2) is 11.5 Å². The number of carbonyl (C=O) groups excluding carboxylic acids is 1. The Morgan fingerprint density at radius 1 is 0.933 bits per heavy atom. The summed E-state index contributed by atoms with van der Waals surface area (Å²) >= 11 is 0. The molecule has 1 fully saturated rings. The smallest absolute Gasteiger partial charge is 0.412 e. The molecule has 0 atom stereocenters. The minimum Gasteiger partial charge on any atom is -0.496 e. The molecule has 5 heteroatoms. The second kappa shape index (κ2) is 9.35. The van der Waals surface area contributed by atoms with E-state index in [1.807, 2.05) is 72.8 Å². The molecule has 0 saturated heterocycles. The molecule has 1 saturated carbocycles. The van der Waals surface area contributed by atoms with E-state index in [2.05, 4.69) is 5.32 Å². The van der Waals surface area contributed by atoms with E-state index in [9.17, 15) is 4.79 Å². The topological polar surface area (TPSA) is 56.8 Å². The van der Waals surface area contributed by atoms with Gasteiger partial charge in [-0.05, 0) is 48.1 Å². The lowest BCUT2D eigenvalue weighted by Crippen LogP contribution is -2.28. The van der Waals surface area contributed by atoms with Crippen LogP contribution in [0.15, 0.2) is 72.8 Å². The zero-order chi connectivity index (χ0) is 20.8. The number of carbonyl (C=O) groups is 1. The molecule has 1 aliphatic rings. The van der Waals surface area contributed by atoms with Gasteiger partial charge < -0.3 is 19.5 Å². The molecule has 0 unspecified atom stereocenters. The van der Waals surface area contributed by atoms with E-state index in [4.69, 9.17) is 14.2 Å². The van der Waals surface area contributed by atoms with E-state index in [-0.39, 0.29) is 0 Å². The first kappa shape index (κ1) is 19.8. The third-order valence-electron chi connectivity index (χ3n) is 5.03. The maximum Gasteiger partial charge on any atom is 0.412 e. The van der Waals surface area contributed by atoms with Crippen LogP contribution in [0.1, 0.15) is 18.4 Å². The molecular formula is C25H25NO4. The van der Waals surface area contributed by atoms with Crippen molar-refractivity contribution in [1.29, 1.82) is 0 Å². The summed E-state index contributed by atoms with van der Waals surface area (Å²) in [6.07, 6.45) is 1.85. The van der Waals surface area contributed by atoms with Crippen LogP contribution in [0.25, 0.3) is 11.1 Å². The molecule has 1 aliphatic carbocycles. The van der Waals surface area contributed by atoms with Gasteiger partial charge in [-0.3, -0.25) is 0 Å². The van der Waals surface area contributed by atoms with E-state index in [0.29, 0.717) is 30.6 Å². The normalized spacial score (nSPS) is 12.8. The maximum atomic E-state index is 12.3. The number of nitrogens with one attached hydrogen (secondary N) is 1. The molecule has 30 heavy (non-hydrogen) atoms. The first-order valence-electron chi connectivity index (χ1n) is 10.1. The number of hydrogen-bond acceptors (Lipinski definition) is 4. The van der Waals surface area contributed by atoms with Gasteiger partial charge >= 0.3 is 6.09 Å². The summed E-state index contributed by atoms with van der Waals surface area (Å²) < 4.78 is 17.1. The van der Waals surface area contributed by atoms with E-state index in [1.54, 1.807) is 7.11 Å². The van der Waals surface area contributed by atoms with Crippen LogP contribution in [0, 0.1) is 5.92 Å². The quantitative estimate of drug-likeness (QED) is 0.544. The summed E-state index contributed by atoms with van der Waals surface area (Å²) in [5, 5.41) is 2.83. The number of amides is 1. The molecule has 1 amide bonds. The molecule has 1 N–H and O–H groups in total. The highest BCUT2D eigenvalue weighted by Crippen LogP contribution is 2.37. The number of benzene rings is 3. The Morgan fingerprint density at radius 2 is 1.70 bits per heavy atom. The number of hydrogen-bond donors (Lipinski definition) is 1. The molecule has 0 radical (unpaired) electrons. The van der Waals surface area contributed by atoms with Gasteiger partial charge in [-0.15, -0.1) is 0 Å². The van der Waals surface area contributed by atoms with Crippen LogP contribution >= 0.6 is 0 Å². The SMILES string of the molecule is COc1ccccc1-c1ccc(OCc2ccccc2)c(OC(=O)NCC2CC2)c1. The summed E-state index contributed by atoms with van der Waals surface area (Å²) in [6.45, 7) is 1.03. The minimum absolute atomic E-state index is 0.377. The monoisotopic (exact) mass is 403 g/mol. The lowest BCUT2D eigenvalue weighted by Gasteiger charge is -2.15. The molecule has 0 spiro atoms. The van der Waals surface area contributed by atoms with Crippen molar-refractivity contribution in [3.05, 3.63) is 78.4 Å². The average Bonchev–Trinajstić information content (AvgIpc) is 3.62. The second-order valence-electron chi connectivity index (χ2n) is 7.35. The van der Waals surface area contributed by atoms with Crippen molar-refractivity contribution in [3.8, 4) is 28.4 Å². The van der Waals surface area contributed by atoms with Crippen LogP contribution in [0.5, 0.6) is 17.2 Å². The highest BCUT2D eigenvalue weighted by atomic mass is 16.6. The lowest BCUT2D eigenvalue weighted by atomic mass is 10.0.